The molecule has 0 saturated carbocycles. The fourth-order valence-corrected chi connectivity index (χ4v) is 2.82. The minimum atomic E-state index is -0.450. The highest BCUT2D eigenvalue weighted by atomic mass is 16.5. The monoisotopic (exact) mass is 362 g/mol. The van der Waals surface area contributed by atoms with E-state index in [1.54, 1.807) is 34.9 Å². The molecular weight excluding hydrogens is 344 g/mol. The number of para-hydroxylation sites is 1. The van der Waals surface area contributed by atoms with Gasteiger partial charge in [0.05, 0.1) is 35.4 Å². The van der Waals surface area contributed by atoms with Crippen molar-refractivity contribution >= 4 is 16.9 Å². The summed E-state index contributed by atoms with van der Waals surface area (Å²) in [5.74, 6) is -0.450. The summed E-state index contributed by atoms with van der Waals surface area (Å²) in [4.78, 5) is 17.9. The summed E-state index contributed by atoms with van der Waals surface area (Å²) >= 11 is 0. The number of aryl methyl sites for hydroxylation is 1. The van der Waals surface area contributed by atoms with Gasteiger partial charge in [-0.15, -0.1) is 0 Å². The summed E-state index contributed by atoms with van der Waals surface area (Å²) in [5.41, 5.74) is 3.47. The van der Waals surface area contributed by atoms with Crippen LogP contribution in [0.3, 0.4) is 0 Å². The maximum Gasteiger partial charge on any atom is 0.357 e. The molecule has 4 aromatic rings. The van der Waals surface area contributed by atoms with Crippen LogP contribution in [0.25, 0.3) is 16.6 Å². The van der Waals surface area contributed by atoms with Crippen molar-refractivity contribution in [2.24, 2.45) is 0 Å². The van der Waals surface area contributed by atoms with Crippen molar-refractivity contribution in [3.63, 3.8) is 0 Å². The Balaban J connectivity index is 1.66. The Kier molecular flexibility index (Phi) is 4.37. The molecule has 0 fully saturated rings. The fourth-order valence-electron chi connectivity index (χ4n) is 2.82. The van der Waals surface area contributed by atoms with Crippen molar-refractivity contribution in [1.82, 2.24) is 29.8 Å². The van der Waals surface area contributed by atoms with Crippen molar-refractivity contribution in [2.45, 2.75) is 20.4 Å². The van der Waals surface area contributed by atoms with Gasteiger partial charge in [-0.1, -0.05) is 18.2 Å². The van der Waals surface area contributed by atoms with Crippen LogP contribution in [0.2, 0.25) is 0 Å². The van der Waals surface area contributed by atoms with Crippen molar-refractivity contribution in [1.29, 1.82) is 0 Å². The normalized spacial score (nSPS) is 11.0. The standard InChI is InChI=1S/C19H18N6O2/c1-3-27-19(26)18-15-11-24(22-16(15)9-10-20-18)12-17-13(2)21-25(23-17)14-7-5-4-6-8-14/h4-11H,3,12H2,1-2H3. The summed E-state index contributed by atoms with van der Waals surface area (Å²) < 4.78 is 6.81. The summed E-state index contributed by atoms with van der Waals surface area (Å²) in [7, 11) is 0. The molecule has 0 aliphatic rings. The smallest absolute Gasteiger partial charge is 0.357 e. The molecule has 0 radical (unpaired) electrons. The molecule has 0 amide bonds. The first-order chi connectivity index (χ1) is 13.2. The minimum Gasteiger partial charge on any atom is -0.461 e. The second-order valence-corrected chi connectivity index (χ2v) is 6.00. The number of esters is 1. The maximum absolute atomic E-state index is 12.1. The molecule has 136 valence electrons. The molecular formula is C19H18N6O2. The molecule has 0 unspecified atom stereocenters. The van der Waals surface area contributed by atoms with E-state index in [4.69, 9.17) is 4.74 Å². The van der Waals surface area contributed by atoms with Crippen molar-refractivity contribution < 1.29 is 9.53 Å². The Morgan fingerprint density at radius 3 is 2.70 bits per heavy atom. The number of fused-ring (bicyclic) bond motifs is 1. The highest BCUT2D eigenvalue weighted by Crippen LogP contribution is 2.17. The van der Waals surface area contributed by atoms with Crippen LogP contribution in [0.15, 0.2) is 48.8 Å². The van der Waals surface area contributed by atoms with E-state index in [-0.39, 0.29) is 5.69 Å². The first kappa shape index (κ1) is 16.9. The lowest BCUT2D eigenvalue weighted by molar-refractivity contribution is 0.0522. The molecule has 27 heavy (non-hydrogen) atoms. The van der Waals surface area contributed by atoms with Crippen LogP contribution >= 0.6 is 0 Å². The molecule has 0 N–H and O–H groups in total. The molecule has 0 spiro atoms. The number of hydrogen-bond acceptors (Lipinski definition) is 6. The predicted molar refractivity (Wildman–Crippen MR) is 98.7 cm³/mol. The Morgan fingerprint density at radius 1 is 1.11 bits per heavy atom. The van der Waals surface area contributed by atoms with Gasteiger partial charge in [0.1, 0.15) is 5.69 Å². The predicted octanol–water partition coefficient (Wildman–Crippen LogP) is 2.55. The average molecular weight is 362 g/mol. The van der Waals surface area contributed by atoms with Gasteiger partial charge in [-0.05, 0) is 32.0 Å². The van der Waals surface area contributed by atoms with Gasteiger partial charge < -0.3 is 4.74 Å². The lowest BCUT2D eigenvalue weighted by Crippen LogP contribution is -2.07. The van der Waals surface area contributed by atoms with Gasteiger partial charge in [0.25, 0.3) is 0 Å². The van der Waals surface area contributed by atoms with Gasteiger partial charge in [0.2, 0.25) is 0 Å². The largest absolute Gasteiger partial charge is 0.461 e. The molecule has 4 rings (SSSR count). The minimum absolute atomic E-state index is 0.269. The topological polar surface area (TPSA) is 87.7 Å². The van der Waals surface area contributed by atoms with Gasteiger partial charge in [0, 0.05) is 12.4 Å². The molecule has 3 heterocycles. The SMILES string of the molecule is CCOC(=O)c1nccc2nn(Cc3nn(-c4ccccc4)nc3C)cc12. The summed E-state index contributed by atoms with van der Waals surface area (Å²) in [6.07, 6.45) is 3.35. The zero-order valence-electron chi connectivity index (χ0n) is 15.0. The zero-order valence-corrected chi connectivity index (χ0v) is 15.0. The van der Waals surface area contributed by atoms with Crippen molar-refractivity contribution in [3.8, 4) is 5.69 Å². The van der Waals surface area contributed by atoms with E-state index in [1.165, 1.54) is 0 Å². The van der Waals surface area contributed by atoms with Crippen LogP contribution in [0, 0.1) is 6.92 Å². The third kappa shape index (κ3) is 3.29. The molecule has 0 aliphatic heterocycles. The van der Waals surface area contributed by atoms with E-state index in [2.05, 4.69) is 20.3 Å². The van der Waals surface area contributed by atoms with Crippen LogP contribution in [0.1, 0.15) is 28.8 Å². The highest BCUT2D eigenvalue weighted by molar-refractivity contribution is 6.01. The third-order valence-electron chi connectivity index (χ3n) is 4.13. The van der Waals surface area contributed by atoms with Gasteiger partial charge >= 0.3 is 5.97 Å². The number of pyridine rings is 1. The van der Waals surface area contributed by atoms with E-state index in [0.29, 0.717) is 24.1 Å². The Labute approximate surface area is 155 Å². The van der Waals surface area contributed by atoms with E-state index >= 15 is 0 Å². The Bertz CT molecular complexity index is 1100. The summed E-state index contributed by atoms with van der Waals surface area (Å²) in [6, 6.07) is 11.5. The molecule has 0 aliphatic carbocycles. The number of nitrogens with zero attached hydrogens (tertiary/aromatic N) is 6. The number of hydrogen-bond donors (Lipinski definition) is 0. The van der Waals surface area contributed by atoms with Crippen molar-refractivity contribution in [2.75, 3.05) is 6.61 Å². The summed E-state index contributed by atoms with van der Waals surface area (Å²) in [5, 5.41) is 14.2. The molecule has 1 aromatic carbocycles. The van der Waals surface area contributed by atoms with E-state index in [0.717, 1.165) is 17.1 Å². The van der Waals surface area contributed by atoms with E-state index in [9.17, 15) is 4.79 Å². The van der Waals surface area contributed by atoms with Crippen molar-refractivity contribution in [3.05, 3.63) is 65.9 Å². The number of carbonyl (C=O) groups is 1. The molecule has 8 nitrogen and oxygen atoms in total. The Morgan fingerprint density at radius 2 is 1.93 bits per heavy atom. The summed E-state index contributed by atoms with van der Waals surface area (Å²) in [6.45, 7) is 4.42. The third-order valence-corrected chi connectivity index (χ3v) is 4.13. The maximum atomic E-state index is 12.1. The number of carbonyl (C=O) groups excluding carboxylic acids is 1. The fraction of sp³-hybridized carbons (Fsp3) is 0.211. The second kappa shape index (κ2) is 6.99. The molecule has 0 atom stereocenters. The van der Waals surface area contributed by atoms with Crippen LogP contribution < -0.4 is 0 Å². The van der Waals surface area contributed by atoms with E-state index < -0.39 is 5.97 Å². The van der Waals surface area contributed by atoms with Gasteiger partial charge in [-0.3, -0.25) is 4.68 Å². The van der Waals surface area contributed by atoms with Crippen LogP contribution in [-0.4, -0.2) is 42.3 Å². The molecule has 3 aromatic heterocycles. The second-order valence-electron chi connectivity index (χ2n) is 6.00. The quantitative estimate of drug-likeness (QED) is 0.507. The Hall–Kier alpha value is -3.55. The number of aromatic nitrogens is 6. The van der Waals surface area contributed by atoms with E-state index in [1.807, 2.05) is 37.3 Å². The van der Waals surface area contributed by atoms with Gasteiger partial charge in [-0.25, -0.2) is 9.78 Å². The average Bonchev–Trinajstić information content (AvgIpc) is 3.26. The van der Waals surface area contributed by atoms with Gasteiger partial charge in [-0.2, -0.15) is 20.1 Å². The number of rotatable bonds is 5. The molecule has 0 saturated heterocycles. The lowest BCUT2D eigenvalue weighted by Gasteiger charge is -2.00. The molecule has 0 bridgehead atoms. The van der Waals surface area contributed by atoms with Crippen LogP contribution in [0.5, 0.6) is 0 Å². The first-order valence-electron chi connectivity index (χ1n) is 8.63. The first-order valence-corrected chi connectivity index (χ1v) is 8.63. The van der Waals surface area contributed by atoms with Crippen LogP contribution in [0.4, 0.5) is 0 Å². The van der Waals surface area contributed by atoms with Gasteiger partial charge in [0.15, 0.2) is 5.69 Å². The number of ether oxygens (including phenoxy) is 1. The number of benzene rings is 1. The zero-order chi connectivity index (χ0) is 18.8. The van der Waals surface area contributed by atoms with Crippen LogP contribution in [-0.2, 0) is 11.3 Å². The molecule has 8 heteroatoms. The highest BCUT2D eigenvalue weighted by Gasteiger charge is 2.16. The lowest BCUT2D eigenvalue weighted by atomic mass is 10.2.